The van der Waals surface area contributed by atoms with Crippen molar-refractivity contribution in [2.45, 2.75) is 20.8 Å². The Kier molecular flexibility index (Phi) is 2.95. The summed E-state index contributed by atoms with van der Waals surface area (Å²) in [4.78, 5) is 0. The Balaban J connectivity index is 2.96. The molecule has 0 aromatic carbocycles. The lowest BCUT2D eigenvalue weighted by Crippen LogP contribution is -1.95. The van der Waals surface area contributed by atoms with Crippen molar-refractivity contribution in [2.24, 2.45) is 5.92 Å². The molecule has 0 amide bonds. The second kappa shape index (κ2) is 3.98. The van der Waals surface area contributed by atoms with Gasteiger partial charge in [-0.2, -0.15) is 0 Å². The van der Waals surface area contributed by atoms with Gasteiger partial charge in [-0.3, -0.25) is 0 Å². The van der Waals surface area contributed by atoms with E-state index < -0.39 is 0 Å². The highest BCUT2D eigenvalue weighted by Gasteiger charge is 2.02. The number of tetrazole rings is 1. The van der Waals surface area contributed by atoms with Crippen LogP contribution in [0.3, 0.4) is 0 Å². The van der Waals surface area contributed by atoms with Gasteiger partial charge < -0.3 is 0 Å². The largest absolute Gasteiger partial charge is 0.201 e. The van der Waals surface area contributed by atoms with E-state index in [2.05, 4.69) is 42.9 Å². The Morgan fingerprint density at radius 2 is 2.23 bits per heavy atom. The Bertz CT molecular complexity index is 322. The van der Waals surface area contributed by atoms with Crippen LogP contribution in [0.4, 0.5) is 0 Å². The number of rotatable bonds is 3. The summed E-state index contributed by atoms with van der Waals surface area (Å²) in [6.45, 7) is 9.94. The van der Waals surface area contributed by atoms with Crippen LogP contribution < -0.4 is 0 Å². The van der Waals surface area contributed by atoms with Gasteiger partial charge in [0.05, 0.1) is 0 Å². The molecule has 4 heteroatoms. The molecule has 4 nitrogen and oxygen atoms in total. The van der Waals surface area contributed by atoms with Crippen LogP contribution in [0, 0.1) is 5.92 Å². The third kappa shape index (κ3) is 2.24. The molecule has 0 aliphatic rings. The highest BCUT2D eigenvalue weighted by atomic mass is 15.5. The van der Waals surface area contributed by atoms with Gasteiger partial charge in [-0.25, -0.2) is 4.68 Å². The van der Waals surface area contributed by atoms with Crippen molar-refractivity contribution in [3.05, 3.63) is 18.0 Å². The fraction of sp³-hybridized carbons (Fsp3) is 0.444. The van der Waals surface area contributed by atoms with Gasteiger partial charge in [0.1, 0.15) is 0 Å². The maximum absolute atomic E-state index is 3.86. The fourth-order valence-electron chi connectivity index (χ4n) is 0.796. The van der Waals surface area contributed by atoms with Crippen molar-refractivity contribution in [2.75, 3.05) is 0 Å². The Morgan fingerprint density at radius 1 is 1.54 bits per heavy atom. The van der Waals surface area contributed by atoms with Crippen LogP contribution in [-0.4, -0.2) is 20.2 Å². The SMILES string of the molecule is C=Cn1nnnc1/C=C(\C)C(C)C. The molecule has 0 saturated heterocycles. The highest BCUT2D eigenvalue weighted by molar-refractivity contribution is 5.46. The molecule has 0 N–H and O–H groups in total. The Hall–Kier alpha value is -1.45. The zero-order chi connectivity index (χ0) is 9.84. The number of nitrogens with zero attached hydrogens (tertiary/aromatic N) is 4. The van der Waals surface area contributed by atoms with E-state index in [4.69, 9.17) is 0 Å². The molecule has 1 aromatic heterocycles. The molecule has 0 saturated carbocycles. The zero-order valence-corrected chi connectivity index (χ0v) is 8.23. The van der Waals surface area contributed by atoms with E-state index in [1.54, 1.807) is 10.9 Å². The van der Waals surface area contributed by atoms with Gasteiger partial charge in [-0.1, -0.05) is 26.0 Å². The van der Waals surface area contributed by atoms with E-state index in [1.807, 2.05) is 6.08 Å². The zero-order valence-electron chi connectivity index (χ0n) is 8.23. The van der Waals surface area contributed by atoms with Gasteiger partial charge in [0, 0.05) is 6.20 Å². The Morgan fingerprint density at radius 3 is 2.77 bits per heavy atom. The summed E-state index contributed by atoms with van der Waals surface area (Å²) in [5.74, 6) is 1.23. The summed E-state index contributed by atoms with van der Waals surface area (Å²) in [7, 11) is 0. The number of hydrogen-bond donors (Lipinski definition) is 0. The number of allylic oxidation sites excluding steroid dienone is 1. The van der Waals surface area contributed by atoms with Crippen LogP contribution in [0.15, 0.2) is 12.2 Å². The van der Waals surface area contributed by atoms with Gasteiger partial charge in [-0.15, -0.1) is 5.10 Å². The molecule has 1 heterocycles. The monoisotopic (exact) mass is 178 g/mol. The predicted octanol–water partition coefficient (Wildman–Crippen LogP) is 1.83. The minimum atomic E-state index is 0.509. The lowest BCUT2D eigenvalue weighted by molar-refractivity contribution is 0.773. The van der Waals surface area contributed by atoms with Gasteiger partial charge in [0.2, 0.25) is 0 Å². The molecular formula is C9H14N4. The van der Waals surface area contributed by atoms with E-state index in [-0.39, 0.29) is 0 Å². The van der Waals surface area contributed by atoms with Gasteiger partial charge >= 0.3 is 0 Å². The van der Waals surface area contributed by atoms with Crippen molar-refractivity contribution in [3.63, 3.8) is 0 Å². The van der Waals surface area contributed by atoms with Crippen molar-refractivity contribution in [1.29, 1.82) is 0 Å². The van der Waals surface area contributed by atoms with Gasteiger partial charge in [-0.05, 0) is 29.3 Å². The first-order valence-electron chi connectivity index (χ1n) is 4.23. The van der Waals surface area contributed by atoms with Crippen LogP contribution in [0.2, 0.25) is 0 Å². The second-order valence-corrected chi connectivity index (χ2v) is 3.21. The van der Waals surface area contributed by atoms with Crippen molar-refractivity contribution in [1.82, 2.24) is 20.2 Å². The average molecular weight is 178 g/mol. The maximum Gasteiger partial charge on any atom is 0.179 e. The Labute approximate surface area is 78.0 Å². The van der Waals surface area contributed by atoms with E-state index >= 15 is 0 Å². The summed E-state index contributed by atoms with van der Waals surface area (Å²) >= 11 is 0. The molecule has 0 aliphatic heterocycles. The van der Waals surface area contributed by atoms with Crippen LogP contribution in [0.25, 0.3) is 12.3 Å². The van der Waals surface area contributed by atoms with E-state index in [0.29, 0.717) is 5.92 Å². The summed E-state index contributed by atoms with van der Waals surface area (Å²) in [6.07, 6.45) is 3.55. The second-order valence-electron chi connectivity index (χ2n) is 3.21. The molecule has 13 heavy (non-hydrogen) atoms. The van der Waals surface area contributed by atoms with E-state index in [1.165, 1.54) is 5.57 Å². The average Bonchev–Trinajstić information content (AvgIpc) is 2.51. The first-order chi connectivity index (χ1) is 6.15. The maximum atomic E-state index is 3.86. The van der Waals surface area contributed by atoms with Crippen molar-refractivity contribution >= 4 is 12.3 Å². The van der Waals surface area contributed by atoms with Crippen LogP contribution in [0.5, 0.6) is 0 Å². The molecule has 0 spiro atoms. The number of hydrogen-bond acceptors (Lipinski definition) is 3. The third-order valence-corrected chi connectivity index (χ3v) is 1.96. The quantitative estimate of drug-likeness (QED) is 0.709. The first kappa shape index (κ1) is 9.64. The lowest BCUT2D eigenvalue weighted by Gasteiger charge is -2.03. The highest BCUT2D eigenvalue weighted by Crippen LogP contribution is 2.11. The van der Waals surface area contributed by atoms with Gasteiger partial charge in [0.25, 0.3) is 0 Å². The molecule has 0 atom stereocenters. The molecular weight excluding hydrogens is 164 g/mol. The summed E-state index contributed by atoms with van der Waals surface area (Å²) in [5.41, 5.74) is 1.25. The molecule has 0 aliphatic carbocycles. The number of aromatic nitrogens is 4. The molecule has 1 rings (SSSR count). The molecule has 70 valence electrons. The third-order valence-electron chi connectivity index (χ3n) is 1.96. The van der Waals surface area contributed by atoms with Crippen molar-refractivity contribution < 1.29 is 0 Å². The van der Waals surface area contributed by atoms with E-state index in [9.17, 15) is 0 Å². The molecule has 0 unspecified atom stereocenters. The molecule has 1 aromatic rings. The normalized spacial score (nSPS) is 12.2. The van der Waals surface area contributed by atoms with E-state index in [0.717, 1.165) is 5.82 Å². The van der Waals surface area contributed by atoms with Crippen LogP contribution >= 0.6 is 0 Å². The molecule has 0 bridgehead atoms. The van der Waals surface area contributed by atoms with Crippen LogP contribution in [0.1, 0.15) is 26.6 Å². The minimum absolute atomic E-state index is 0.509. The molecule has 0 fully saturated rings. The van der Waals surface area contributed by atoms with Gasteiger partial charge in [0.15, 0.2) is 5.82 Å². The fourth-order valence-corrected chi connectivity index (χ4v) is 0.796. The summed E-state index contributed by atoms with van der Waals surface area (Å²) in [6, 6.07) is 0. The van der Waals surface area contributed by atoms with Crippen LogP contribution in [-0.2, 0) is 0 Å². The lowest BCUT2D eigenvalue weighted by atomic mass is 10.1. The smallest absolute Gasteiger partial charge is 0.179 e. The standard InChI is InChI=1S/C9H14N4/c1-5-13-9(10-11-12-13)6-8(4)7(2)3/h5-7H,1H2,2-4H3/b8-6+. The first-order valence-corrected chi connectivity index (χ1v) is 4.23. The predicted molar refractivity (Wildman–Crippen MR) is 52.7 cm³/mol. The molecule has 0 radical (unpaired) electrons. The topological polar surface area (TPSA) is 43.6 Å². The van der Waals surface area contributed by atoms with Crippen molar-refractivity contribution in [3.8, 4) is 0 Å². The minimum Gasteiger partial charge on any atom is -0.201 e. The summed E-state index contributed by atoms with van der Waals surface area (Å²) in [5, 5.41) is 11.2. The summed E-state index contributed by atoms with van der Waals surface area (Å²) < 4.78 is 1.55.